The molecule has 2 aromatic carbocycles. The molecule has 0 aliphatic carbocycles. The first-order valence-electron chi connectivity index (χ1n) is 10.4. The summed E-state index contributed by atoms with van der Waals surface area (Å²) in [5.74, 6) is -0.591. The van der Waals surface area contributed by atoms with Crippen LogP contribution >= 0.6 is 11.6 Å². The van der Waals surface area contributed by atoms with Gasteiger partial charge in [-0.3, -0.25) is 10.3 Å². The van der Waals surface area contributed by atoms with Crippen LogP contribution in [-0.4, -0.2) is 33.9 Å². The minimum Gasteiger partial charge on any atom is -0.478 e. The number of carbonyl (C=O) groups excluding carboxylic acids is 1. The van der Waals surface area contributed by atoms with Crippen molar-refractivity contribution in [1.29, 1.82) is 0 Å². The highest BCUT2D eigenvalue weighted by Crippen LogP contribution is 2.31. The Balaban J connectivity index is 1.43. The van der Waals surface area contributed by atoms with Gasteiger partial charge in [-0.05, 0) is 30.7 Å². The summed E-state index contributed by atoms with van der Waals surface area (Å²) in [6.07, 6.45) is 1.18. The molecule has 0 aliphatic rings. The van der Waals surface area contributed by atoms with E-state index >= 15 is 0 Å². The molecule has 4 aromatic rings. The predicted octanol–water partition coefficient (Wildman–Crippen LogP) is 5.85. The zero-order chi connectivity index (χ0) is 24.1. The zero-order valence-electron chi connectivity index (χ0n) is 18.1. The molecule has 0 aliphatic heterocycles. The van der Waals surface area contributed by atoms with Gasteiger partial charge in [-0.1, -0.05) is 59.2 Å². The van der Waals surface area contributed by atoms with Crippen LogP contribution in [0.4, 0.5) is 10.5 Å². The second-order valence-corrected chi connectivity index (χ2v) is 7.79. The Bertz CT molecular complexity index is 1320. The van der Waals surface area contributed by atoms with Gasteiger partial charge in [0.25, 0.3) is 0 Å². The van der Waals surface area contributed by atoms with Crippen LogP contribution in [0.5, 0.6) is 0 Å². The van der Waals surface area contributed by atoms with E-state index in [1.807, 2.05) is 42.5 Å². The second-order valence-electron chi connectivity index (χ2n) is 7.38. The maximum Gasteiger partial charge on any atom is 0.411 e. The normalized spacial score (nSPS) is 10.6. The van der Waals surface area contributed by atoms with Gasteiger partial charge < -0.3 is 14.4 Å². The lowest BCUT2D eigenvalue weighted by molar-refractivity contribution is 0.0696. The van der Waals surface area contributed by atoms with E-state index in [0.29, 0.717) is 39.8 Å². The highest BCUT2D eigenvalue weighted by atomic mass is 35.5. The molecule has 0 unspecified atom stereocenters. The largest absolute Gasteiger partial charge is 0.478 e. The van der Waals surface area contributed by atoms with Gasteiger partial charge in [0.1, 0.15) is 11.4 Å². The van der Waals surface area contributed by atoms with E-state index in [1.165, 1.54) is 12.3 Å². The molecule has 0 spiro atoms. The SMILES string of the molecule is Cc1onc(-c2ccc(-c3ccc(C(=O)O)cn3)cc2)c1NC(=O)OCCc1ccccc1Cl. The Morgan fingerprint density at radius 3 is 2.47 bits per heavy atom. The van der Waals surface area contributed by atoms with E-state index in [4.69, 9.17) is 26.0 Å². The first kappa shape index (κ1) is 23.0. The number of nitrogens with one attached hydrogen (secondary N) is 1. The van der Waals surface area contributed by atoms with Gasteiger partial charge in [0.15, 0.2) is 5.76 Å². The number of nitrogens with zero attached hydrogens (tertiary/aromatic N) is 2. The van der Waals surface area contributed by atoms with Crippen LogP contribution in [0.3, 0.4) is 0 Å². The van der Waals surface area contributed by atoms with Gasteiger partial charge in [0, 0.05) is 28.8 Å². The standard InChI is InChI=1S/C25H20ClN3O5/c1-15-22(28-25(32)33-13-12-16-4-2-3-5-20(16)26)23(29-34-15)18-8-6-17(7-9-18)21-11-10-19(14-27-21)24(30)31/h2-11,14H,12-13H2,1H3,(H,28,32)(H,30,31). The third-order valence-corrected chi connectivity index (χ3v) is 5.49. The monoisotopic (exact) mass is 477 g/mol. The number of halogens is 1. The number of amides is 1. The van der Waals surface area contributed by atoms with Crippen molar-refractivity contribution in [3.05, 3.63) is 88.8 Å². The third-order valence-electron chi connectivity index (χ3n) is 5.12. The Kier molecular flexibility index (Phi) is 6.89. The molecule has 1 amide bonds. The number of anilines is 1. The fourth-order valence-electron chi connectivity index (χ4n) is 3.30. The Morgan fingerprint density at radius 2 is 1.79 bits per heavy atom. The van der Waals surface area contributed by atoms with Gasteiger partial charge >= 0.3 is 12.1 Å². The van der Waals surface area contributed by atoms with Crippen molar-refractivity contribution in [2.45, 2.75) is 13.3 Å². The Hall–Kier alpha value is -4.17. The number of carbonyl (C=O) groups is 2. The highest BCUT2D eigenvalue weighted by Gasteiger charge is 2.18. The summed E-state index contributed by atoms with van der Waals surface area (Å²) < 4.78 is 10.6. The molecule has 34 heavy (non-hydrogen) atoms. The zero-order valence-corrected chi connectivity index (χ0v) is 18.9. The van der Waals surface area contributed by atoms with Crippen LogP contribution in [0.1, 0.15) is 21.7 Å². The Labute approximate surface area is 200 Å². The van der Waals surface area contributed by atoms with Crippen molar-refractivity contribution < 1.29 is 24.0 Å². The maximum absolute atomic E-state index is 12.4. The number of carboxylic acid groups (broad SMARTS) is 1. The lowest BCUT2D eigenvalue weighted by Gasteiger charge is -2.09. The van der Waals surface area contributed by atoms with Gasteiger partial charge in [0.05, 0.1) is 17.9 Å². The molecule has 2 heterocycles. The molecular formula is C25H20ClN3O5. The average molecular weight is 478 g/mol. The fraction of sp³-hybridized carbons (Fsp3) is 0.120. The smallest absolute Gasteiger partial charge is 0.411 e. The molecule has 172 valence electrons. The molecule has 0 atom stereocenters. The molecule has 0 bridgehead atoms. The van der Waals surface area contributed by atoms with Crippen molar-refractivity contribution in [1.82, 2.24) is 10.1 Å². The molecule has 0 saturated carbocycles. The van der Waals surface area contributed by atoms with Crippen molar-refractivity contribution in [2.24, 2.45) is 0 Å². The van der Waals surface area contributed by atoms with Gasteiger partial charge in [-0.15, -0.1) is 0 Å². The highest BCUT2D eigenvalue weighted by molar-refractivity contribution is 6.31. The number of aryl methyl sites for hydroxylation is 1. The van der Waals surface area contributed by atoms with Crippen LogP contribution in [-0.2, 0) is 11.2 Å². The number of ether oxygens (including phenoxy) is 1. The van der Waals surface area contributed by atoms with E-state index in [1.54, 1.807) is 19.1 Å². The number of aromatic nitrogens is 2. The summed E-state index contributed by atoms with van der Waals surface area (Å²) in [7, 11) is 0. The summed E-state index contributed by atoms with van der Waals surface area (Å²) in [5.41, 5.74) is 4.04. The van der Waals surface area contributed by atoms with Crippen molar-refractivity contribution in [3.8, 4) is 22.5 Å². The van der Waals surface area contributed by atoms with Gasteiger partial charge in [-0.25, -0.2) is 9.59 Å². The van der Waals surface area contributed by atoms with Gasteiger partial charge in [0.2, 0.25) is 0 Å². The number of hydrogen-bond donors (Lipinski definition) is 2. The summed E-state index contributed by atoms with van der Waals surface area (Å²) in [6.45, 7) is 1.86. The average Bonchev–Trinajstić information content (AvgIpc) is 3.20. The van der Waals surface area contributed by atoms with E-state index in [9.17, 15) is 9.59 Å². The van der Waals surface area contributed by atoms with E-state index in [0.717, 1.165) is 11.1 Å². The van der Waals surface area contributed by atoms with Crippen LogP contribution in [0.2, 0.25) is 5.02 Å². The van der Waals surface area contributed by atoms with Gasteiger partial charge in [-0.2, -0.15) is 0 Å². The number of benzene rings is 2. The molecule has 0 saturated heterocycles. The number of aromatic carboxylic acids is 1. The summed E-state index contributed by atoms with van der Waals surface area (Å²) in [5, 5.41) is 16.4. The van der Waals surface area contributed by atoms with E-state index in [-0.39, 0.29) is 12.2 Å². The molecule has 4 rings (SSSR count). The lowest BCUT2D eigenvalue weighted by atomic mass is 10.0. The molecule has 0 radical (unpaired) electrons. The first-order chi connectivity index (χ1) is 16.4. The minimum absolute atomic E-state index is 0.118. The Morgan fingerprint density at radius 1 is 1.06 bits per heavy atom. The third kappa shape index (κ3) is 5.24. The number of hydrogen-bond acceptors (Lipinski definition) is 6. The van der Waals surface area contributed by atoms with Crippen LogP contribution in [0.15, 0.2) is 71.4 Å². The summed E-state index contributed by atoms with van der Waals surface area (Å²) in [6, 6.07) is 17.8. The lowest BCUT2D eigenvalue weighted by Crippen LogP contribution is -2.16. The van der Waals surface area contributed by atoms with Crippen LogP contribution < -0.4 is 5.32 Å². The molecule has 9 heteroatoms. The maximum atomic E-state index is 12.4. The van der Waals surface area contributed by atoms with Crippen LogP contribution in [0, 0.1) is 6.92 Å². The van der Waals surface area contributed by atoms with E-state index in [2.05, 4.69) is 15.5 Å². The van der Waals surface area contributed by atoms with Crippen molar-refractivity contribution in [3.63, 3.8) is 0 Å². The number of carboxylic acids is 1. The second kappa shape index (κ2) is 10.2. The number of rotatable bonds is 7. The minimum atomic E-state index is -1.03. The molecule has 8 nitrogen and oxygen atoms in total. The molecular weight excluding hydrogens is 458 g/mol. The molecule has 2 N–H and O–H groups in total. The topological polar surface area (TPSA) is 115 Å². The quantitative estimate of drug-likeness (QED) is 0.343. The molecule has 2 aromatic heterocycles. The number of pyridine rings is 1. The van der Waals surface area contributed by atoms with Crippen molar-refractivity contribution >= 4 is 29.4 Å². The fourth-order valence-corrected chi connectivity index (χ4v) is 3.53. The van der Waals surface area contributed by atoms with Crippen LogP contribution in [0.25, 0.3) is 22.5 Å². The summed E-state index contributed by atoms with van der Waals surface area (Å²) in [4.78, 5) is 27.5. The van der Waals surface area contributed by atoms with E-state index < -0.39 is 12.1 Å². The molecule has 0 fully saturated rings. The van der Waals surface area contributed by atoms with Crippen molar-refractivity contribution in [2.75, 3.05) is 11.9 Å². The summed E-state index contributed by atoms with van der Waals surface area (Å²) >= 11 is 6.13. The predicted molar refractivity (Wildman–Crippen MR) is 127 cm³/mol. The first-order valence-corrected chi connectivity index (χ1v) is 10.7.